The molecule has 0 radical (unpaired) electrons. The average Bonchev–Trinajstić information content (AvgIpc) is 2.90. The molecule has 7 heteroatoms. The molecule has 0 spiro atoms. The first-order valence-corrected chi connectivity index (χ1v) is 7.40. The largest absolute Gasteiger partial charge is 0.495 e. The number of amides is 1. The van der Waals surface area contributed by atoms with Crippen LogP contribution in [-0.4, -0.2) is 22.4 Å². The molecule has 22 heavy (non-hydrogen) atoms. The number of aryl methyl sites for hydroxylation is 1. The van der Waals surface area contributed by atoms with E-state index in [9.17, 15) is 9.59 Å². The Bertz CT molecular complexity index is 914. The Morgan fingerprint density at radius 2 is 2.14 bits per heavy atom. The number of carbonyl (C=O) groups is 1. The van der Waals surface area contributed by atoms with Crippen molar-refractivity contribution in [2.24, 2.45) is 0 Å². The summed E-state index contributed by atoms with van der Waals surface area (Å²) in [6.45, 7) is 1.80. The molecule has 0 aliphatic rings. The van der Waals surface area contributed by atoms with Gasteiger partial charge in [0.1, 0.15) is 11.3 Å². The number of para-hydroxylation sites is 2. The standard InChI is InChI=1S/C15H13N3O3S/c1-9-8-22-15-16-7-10(14(20)18(9)15)13(19)17-11-5-3-4-6-12(11)21-2/h3-8H,1-2H3,(H,17,19). The van der Waals surface area contributed by atoms with E-state index in [2.05, 4.69) is 10.3 Å². The summed E-state index contributed by atoms with van der Waals surface area (Å²) in [6.07, 6.45) is 1.30. The molecule has 1 amide bonds. The third-order valence-electron chi connectivity index (χ3n) is 3.22. The first kappa shape index (κ1) is 14.3. The highest BCUT2D eigenvalue weighted by atomic mass is 32.1. The summed E-state index contributed by atoms with van der Waals surface area (Å²) in [5, 5.41) is 4.51. The highest BCUT2D eigenvalue weighted by Crippen LogP contribution is 2.23. The number of nitrogens with zero attached hydrogens (tertiary/aromatic N) is 2. The Balaban J connectivity index is 2.01. The average molecular weight is 315 g/mol. The predicted octanol–water partition coefficient (Wildman–Crippen LogP) is 2.33. The summed E-state index contributed by atoms with van der Waals surface area (Å²) in [7, 11) is 1.52. The van der Waals surface area contributed by atoms with Crippen LogP contribution >= 0.6 is 11.3 Å². The van der Waals surface area contributed by atoms with Crippen molar-refractivity contribution < 1.29 is 9.53 Å². The minimum Gasteiger partial charge on any atom is -0.495 e. The van der Waals surface area contributed by atoms with E-state index in [1.165, 1.54) is 29.0 Å². The van der Waals surface area contributed by atoms with E-state index in [1.54, 1.807) is 31.2 Å². The molecule has 0 saturated heterocycles. The molecule has 2 aromatic heterocycles. The van der Waals surface area contributed by atoms with Crippen molar-refractivity contribution in [3.8, 4) is 5.75 Å². The van der Waals surface area contributed by atoms with Crippen LogP contribution in [0.4, 0.5) is 5.69 Å². The molecule has 0 saturated carbocycles. The normalized spacial score (nSPS) is 10.6. The number of benzene rings is 1. The quantitative estimate of drug-likeness (QED) is 0.805. The van der Waals surface area contributed by atoms with Crippen LogP contribution in [0.3, 0.4) is 0 Å². The van der Waals surface area contributed by atoms with Crippen LogP contribution in [0.15, 0.2) is 40.6 Å². The van der Waals surface area contributed by atoms with Crippen LogP contribution < -0.4 is 15.6 Å². The lowest BCUT2D eigenvalue weighted by molar-refractivity contribution is 0.102. The molecular formula is C15H13N3O3S. The molecule has 112 valence electrons. The zero-order chi connectivity index (χ0) is 15.7. The number of rotatable bonds is 3. The molecule has 0 aliphatic carbocycles. The van der Waals surface area contributed by atoms with E-state index in [-0.39, 0.29) is 11.1 Å². The van der Waals surface area contributed by atoms with Crippen molar-refractivity contribution in [2.45, 2.75) is 6.92 Å². The zero-order valence-electron chi connectivity index (χ0n) is 12.0. The monoisotopic (exact) mass is 315 g/mol. The number of thiazole rings is 1. The lowest BCUT2D eigenvalue weighted by Crippen LogP contribution is -2.26. The van der Waals surface area contributed by atoms with E-state index < -0.39 is 5.91 Å². The third kappa shape index (κ3) is 2.35. The van der Waals surface area contributed by atoms with E-state index in [0.717, 1.165) is 5.69 Å². The minimum atomic E-state index is -0.512. The Morgan fingerprint density at radius 1 is 1.36 bits per heavy atom. The predicted molar refractivity (Wildman–Crippen MR) is 85.0 cm³/mol. The van der Waals surface area contributed by atoms with E-state index in [4.69, 9.17) is 4.74 Å². The molecule has 2 heterocycles. The van der Waals surface area contributed by atoms with Gasteiger partial charge in [0, 0.05) is 17.3 Å². The Hall–Kier alpha value is -2.67. The van der Waals surface area contributed by atoms with Crippen LogP contribution in [0, 0.1) is 6.92 Å². The summed E-state index contributed by atoms with van der Waals surface area (Å²) in [5.41, 5.74) is 0.868. The number of methoxy groups -OCH3 is 1. The summed E-state index contributed by atoms with van der Waals surface area (Å²) in [6, 6.07) is 7.00. The van der Waals surface area contributed by atoms with Crippen molar-refractivity contribution in [1.29, 1.82) is 0 Å². The number of fused-ring (bicyclic) bond motifs is 1. The lowest BCUT2D eigenvalue weighted by atomic mass is 10.2. The van der Waals surface area contributed by atoms with Crippen molar-refractivity contribution in [2.75, 3.05) is 12.4 Å². The van der Waals surface area contributed by atoms with Crippen molar-refractivity contribution in [3.05, 3.63) is 57.5 Å². The van der Waals surface area contributed by atoms with E-state index in [0.29, 0.717) is 16.4 Å². The maximum absolute atomic E-state index is 12.4. The van der Waals surface area contributed by atoms with Gasteiger partial charge in [0.05, 0.1) is 12.8 Å². The second-order valence-corrected chi connectivity index (χ2v) is 5.46. The lowest BCUT2D eigenvalue weighted by Gasteiger charge is -2.09. The smallest absolute Gasteiger partial charge is 0.271 e. The van der Waals surface area contributed by atoms with Crippen LogP contribution in [0.2, 0.25) is 0 Å². The fourth-order valence-corrected chi connectivity index (χ4v) is 2.95. The number of ether oxygens (including phenoxy) is 1. The second-order valence-electron chi connectivity index (χ2n) is 4.63. The Labute approximate surface area is 130 Å². The maximum atomic E-state index is 12.4. The first-order chi connectivity index (χ1) is 10.6. The number of nitrogens with one attached hydrogen (secondary N) is 1. The molecule has 0 bridgehead atoms. The van der Waals surface area contributed by atoms with Gasteiger partial charge in [0.15, 0.2) is 4.96 Å². The number of anilines is 1. The van der Waals surface area contributed by atoms with Gasteiger partial charge in [0.25, 0.3) is 11.5 Å². The highest BCUT2D eigenvalue weighted by Gasteiger charge is 2.16. The fourth-order valence-electron chi connectivity index (χ4n) is 2.12. The molecule has 6 nitrogen and oxygen atoms in total. The van der Waals surface area contributed by atoms with Gasteiger partial charge >= 0.3 is 0 Å². The molecular weight excluding hydrogens is 302 g/mol. The number of carbonyl (C=O) groups excluding carboxylic acids is 1. The van der Waals surface area contributed by atoms with Gasteiger partial charge in [-0.3, -0.25) is 14.0 Å². The number of hydrogen-bond donors (Lipinski definition) is 1. The molecule has 0 aliphatic heterocycles. The summed E-state index contributed by atoms with van der Waals surface area (Å²) in [5.74, 6) is 0.0127. The summed E-state index contributed by atoms with van der Waals surface area (Å²) >= 11 is 1.36. The third-order valence-corrected chi connectivity index (χ3v) is 4.17. The van der Waals surface area contributed by atoms with Gasteiger partial charge in [-0.05, 0) is 19.1 Å². The Morgan fingerprint density at radius 3 is 2.91 bits per heavy atom. The van der Waals surface area contributed by atoms with Gasteiger partial charge in [-0.25, -0.2) is 4.98 Å². The fraction of sp³-hybridized carbons (Fsp3) is 0.133. The molecule has 0 fully saturated rings. The number of hydrogen-bond acceptors (Lipinski definition) is 5. The highest BCUT2D eigenvalue weighted by molar-refractivity contribution is 7.15. The van der Waals surface area contributed by atoms with Crippen molar-refractivity contribution in [1.82, 2.24) is 9.38 Å². The van der Waals surface area contributed by atoms with Crippen LogP contribution in [-0.2, 0) is 0 Å². The van der Waals surface area contributed by atoms with E-state index in [1.807, 2.05) is 5.38 Å². The van der Waals surface area contributed by atoms with Crippen LogP contribution in [0.1, 0.15) is 16.1 Å². The SMILES string of the molecule is COc1ccccc1NC(=O)c1cnc2scc(C)n2c1=O. The zero-order valence-corrected chi connectivity index (χ0v) is 12.8. The first-order valence-electron chi connectivity index (χ1n) is 6.52. The molecule has 1 N–H and O–H groups in total. The topological polar surface area (TPSA) is 72.7 Å². The molecule has 3 aromatic rings. The van der Waals surface area contributed by atoms with Gasteiger partial charge < -0.3 is 10.1 Å². The van der Waals surface area contributed by atoms with Crippen LogP contribution in [0.25, 0.3) is 4.96 Å². The van der Waals surface area contributed by atoms with Gasteiger partial charge in [0.2, 0.25) is 0 Å². The van der Waals surface area contributed by atoms with E-state index >= 15 is 0 Å². The van der Waals surface area contributed by atoms with Gasteiger partial charge in [-0.1, -0.05) is 12.1 Å². The molecule has 0 unspecified atom stereocenters. The van der Waals surface area contributed by atoms with Crippen molar-refractivity contribution >= 4 is 27.9 Å². The van der Waals surface area contributed by atoms with Crippen molar-refractivity contribution in [3.63, 3.8) is 0 Å². The Kier molecular flexibility index (Phi) is 3.64. The minimum absolute atomic E-state index is 0.00935. The molecule has 3 rings (SSSR count). The molecule has 1 aromatic carbocycles. The molecule has 0 atom stereocenters. The number of aromatic nitrogens is 2. The van der Waals surface area contributed by atoms with Crippen LogP contribution in [0.5, 0.6) is 5.75 Å². The summed E-state index contributed by atoms with van der Waals surface area (Å²) < 4.78 is 6.61. The second kappa shape index (κ2) is 5.61. The van der Waals surface area contributed by atoms with Gasteiger partial charge in [-0.15, -0.1) is 11.3 Å². The van der Waals surface area contributed by atoms with Gasteiger partial charge in [-0.2, -0.15) is 0 Å². The summed E-state index contributed by atoms with van der Waals surface area (Å²) in [4.78, 5) is 29.5. The maximum Gasteiger partial charge on any atom is 0.271 e.